The molecule has 0 bridgehead atoms. The van der Waals surface area contributed by atoms with Gasteiger partial charge < -0.3 is 15.0 Å². The maximum absolute atomic E-state index is 13.7. The van der Waals surface area contributed by atoms with Crippen LogP contribution >= 0.6 is 11.6 Å². The van der Waals surface area contributed by atoms with Crippen molar-refractivity contribution in [2.45, 2.75) is 31.1 Å². The van der Waals surface area contributed by atoms with Crippen molar-refractivity contribution in [2.24, 2.45) is 11.8 Å². The van der Waals surface area contributed by atoms with Crippen LogP contribution in [0.4, 0.5) is 0 Å². The number of amides is 1. The van der Waals surface area contributed by atoms with E-state index in [1.54, 1.807) is 0 Å². The Balaban J connectivity index is 1.61. The molecule has 0 unspecified atom stereocenters. The van der Waals surface area contributed by atoms with Crippen LogP contribution in [0.2, 0.25) is 5.02 Å². The first-order valence-electron chi connectivity index (χ1n) is 9.53. The number of nitrogens with zero attached hydrogens (tertiary/aromatic N) is 1. The number of carbonyl (C=O) groups excluding carboxylic acids is 1. The quantitative estimate of drug-likeness (QED) is 0.879. The first-order chi connectivity index (χ1) is 12.2. The molecule has 3 aliphatic rings. The predicted octanol–water partition coefficient (Wildman–Crippen LogP) is 2.85. The van der Waals surface area contributed by atoms with E-state index in [0.29, 0.717) is 18.2 Å². The molecule has 0 aromatic heterocycles. The highest BCUT2D eigenvalue weighted by Crippen LogP contribution is 2.41. The molecule has 3 saturated heterocycles. The zero-order chi connectivity index (χ0) is 17.3. The number of benzene rings is 1. The van der Waals surface area contributed by atoms with Gasteiger partial charge in [-0.15, -0.1) is 0 Å². The van der Waals surface area contributed by atoms with Crippen LogP contribution in [-0.2, 0) is 14.9 Å². The van der Waals surface area contributed by atoms with Crippen LogP contribution in [0.3, 0.4) is 0 Å². The lowest BCUT2D eigenvalue weighted by molar-refractivity contribution is -0.141. The van der Waals surface area contributed by atoms with E-state index in [9.17, 15) is 4.79 Å². The summed E-state index contributed by atoms with van der Waals surface area (Å²) in [7, 11) is 0. The normalized spacial score (nSPS) is 29.1. The highest BCUT2D eigenvalue weighted by atomic mass is 35.5. The first kappa shape index (κ1) is 17.3. The molecule has 1 aromatic carbocycles. The van der Waals surface area contributed by atoms with Crippen LogP contribution < -0.4 is 5.32 Å². The Morgan fingerprint density at radius 3 is 2.40 bits per heavy atom. The number of carbonyl (C=O) groups is 1. The molecule has 136 valence electrons. The summed E-state index contributed by atoms with van der Waals surface area (Å²) in [5.41, 5.74) is 0.463. The molecular formula is C20H27ClN2O2. The molecule has 1 N–H and O–H groups in total. The standard InChI is InChI=1S/C20H27ClN2O2/c21-18-4-2-1-3-17(18)20(7-11-25-12-8-20)19(24)23-9-5-15-13-22-14-16(15)6-10-23/h1-4,15-16,22H,5-14H2/t15-,16+. The summed E-state index contributed by atoms with van der Waals surface area (Å²) in [6.07, 6.45) is 3.66. The van der Waals surface area contributed by atoms with Crippen LogP contribution in [-0.4, -0.2) is 50.2 Å². The second kappa shape index (κ2) is 7.26. The summed E-state index contributed by atoms with van der Waals surface area (Å²) in [5.74, 6) is 1.71. The second-order valence-electron chi connectivity index (χ2n) is 7.72. The average molecular weight is 363 g/mol. The molecule has 5 heteroatoms. The van der Waals surface area contributed by atoms with Crippen LogP contribution in [0.25, 0.3) is 0 Å². The number of halogens is 1. The zero-order valence-corrected chi connectivity index (χ0v) is 15.4. The Morgan fingerprint density at radius 2 is 1.76 bits per heavy atom. The monoisotopic (exact) mass is 362 g/mol. The highest BCUT2D eigenvalue weighted by Gasteiger charge is 2.46. The molecule has 3 fully saturated rings. The summed E-state index contributed by atoms with van der Waals surface area (Å²) >= 11 is 6.52. The van der Waals surface area contributed by atoms with Crippen molar-refractivity contribution in [3.63, 3.8) is 0 Å². The fourth-order valence-corrected chi connectivity index (χ4v) is 5.21. The van der Waals surface area contributed by atoms with Crippen molar-refractivity contribution >= 4 is 17.5 Å². The lowest BCUT2D eigenvalue weighted by Crippen LogP contribution is -2.50. The molecule has 4 rings (SSSR count). The minimum atomic E-state index is -0.520. The van der Waals surface area contributed by atoms with Gasteiger partial charge in [0.25, 0.3) is 0 Å². The average Bonchev–Trinajstić information content (AvgIpc) is 3.00. The van der Waals surface area contributed by atoms with E-state index in [2.05, 4.69) is 10.2 Å². The number of hydrogen-bond acceptors (Lipinski definition) is 3. The summed E-state index contributed by atoms with van der Waals surface area (Å²) < 4.78 is 5.59. The van der Waals surface area contributed by atoms with Gasteiger partial charge in [0.05, 0.1) is 5.41 Å². The predicted molar refractivity (Wildman–Crippen MR) is 98.8 cm³/mol. The number of fused-ring (bicyclic) bond motifs is 1. The van der Waals surface area contributed by atoms with Gasteiger partial charge in [0.2, 0.25) is 5.91 Å². The van der Waals surface area contributed by atoms with Gasteiger partial charge in [0.15, 0.2) is 0 Å². The molecule has 0 radical (unpaired) electrons. The van der Waals surface area contributed by atoms with Crippen LogP contribution in [0.5, 0.6) is 0 Å². The third-order valence-electron chi connectivity index (χ3n) is 6.45. The number of hydrogen-bond donors (Lipinski definition) is 1. The van der Waals surface area contributed by atoms with Gasteiger partial charge in [0.1, 0.15) is 0 Å². The molecule has 3 aliphatic heterocycles. The van der Waals surface area contributed by atoms with Crippen LogP contribution in [0.1, 0.15) is 31.2 Å². The summed E-state index contributed by atoms with van der Waals surface area (Å²) in [6, 6.07) is 7.86. The van der Waals surface area contributed by atoms with Crippen molar-refractivity contribution in [1.82, 2.24) is 10.2 Å². The number of ether oxygens (including phenoxy) is 1. The molecular weight excluding hydrogens is 336 g/mol. The lowest BCUT2D eigenvalue weighted by atomic mass is 9.73. The topological polar surface area (TPSA) is 41.6 Å². The van der Waals surface area contributed by atoms with E-state index in [0.717, 1.165) is 69.3 Å². The van der Waals surface area contributed by atoms with Crippen LogP contribution in [0, 0.1) is 11.8 Å². The van der Waals surface area contributed by atoms with Gasteiger partial charge in [-0.3, -0.25) is 4.79 Å². The maximum Gasteiger partial charge on any atom is 0.233 e. The molecule has 2 atom stereocenters. The van der Waals surface area contributed by atoms with Crippen molar-refractivity contribution < 1.29 is 9.53 Å². The van der Waals surface area contributed by atoms with E-state index in [1.165, 1.54) is 0 Å². The molecule has 0 spiro atoms. The molecule has 1 aromatic rings. The maximum atomic E-state index is 13.7. The molecule has 0 saturated carbocycles. The van der Waals surface area contributed by atoms with E-state index in [4.69, 9.17) is 16.3 Å². The Kier molecular flexibility index (Phi) is 5.03. The fraction of sp³-hybridized carbons (Fsp3) is 0.650. The minimum Gasteiger partial charge on any atom is -0.381 e. The highest BCUT2D eigenvalue weighted by molar-refractivity contribution is 6.31. The molecule has 25 heavy (non-hydrogen) atoms. The van der Waals surface area contributed by atoms with Gasteiger partial charge in [0, 0.05) is 31.3 Å². The van der Waals surface area contributed by atoms with E-state index in [1.807, 2.05) is 24.3 Å². The summed E-state index contributed by atoms with van der Waals surface area (Å²) in [4.78, 5) is 15.8. The fourth-order valence-electron chi connectivity index (χ4n) is 4.89. The van der Waals surface area contributed by atoms with Gasteiger partial charge in [-0.25, -0.2) is 0 Å². The largest absolute Gasteiger partial charge is 0.381 e. The van der Waals surface area contributed by atoms with Gasteiger partial charge >= 0.3 is 0 Å². The Bertz CT molecular complexity index is 616. The SMILES string of the molecule is O=C(N1CC[C@@H]2CNC[C@@H]2CC1)C1(c2ccccc2Cl)CCOCC1. The number of likely N-dealkylation sites (tertiary alicyclic amines) is 1. The van der Waals surface area contributed by atoms with Gasteiger partial charge in [-0.05, 0) is 62.2 Å². The van der Waals surface area contributed by atoms with Crippen LogP contribution in [0.15, 0.2) is 24.3 Å². The second-order valence-corrected chi connectivity index (χ2v) is 8.13. The third kappa shape index (κ3) is 3.20. The van der Waals surface area contributed by atoms with Crippen molar-refractivity contribution in [1.29, 1.82) is 0 Å². The molecule has 1 amide bonds. The third-order valence-corrected chi connectivity index (χ3v) is 6.78. The van der Waals surface area contributed by atoms with Gasteiger partial charge in [-0.1, -0.05) is 29.8 Å². The van der Waals surface area contributed by atoms with E-state index >= 15 is 0 Å². The molecule has 0 aliphatic carbocycles. The molecule has 4 nitrogen and oxygen atoms in total. The minimum absolute atomic E-state index is 0.261. The van der Waals surface area contributed by atoms with Crippen molar-refractivity contribution in [3.05, 3.63) is 34.9 Å². The van der Waals surface area contributed by atoms with Gasteiger partial charge in [-0.2, -0.15) is 0 Å². The summed E-state index contributed by atoms with van der Waals surface area (Å²) in [5, 5.41) is 4.21. The first-order valence-corrected chi connectivity index (χ1v) is 9.91. The lowest BCUT2D eigenvalue weighted by Gasteiger charge is -2.40. The van der Waals surface area contributed by atoms with Crippen molar-refractivity contribution in [2.75, 3.05) is 39.4 Å². The van der Waals surface area contributed by atoms with E-state index < -0.39 is 5.41 Å². The Morgan fingerprint density at radius 1 is 1.12 bits per heavy atom. The number of rotatable bonds is 2. The van der Waals surface area contributed by atoms with Crippen molar-refractivity contribution in [3.8, 4) is 0 Å². The van der Waals surface area contributed by atoms with E-state index in [-0.39, 0.29) is 5.91 Å². The Labute approximate surface area is 154 Å². The Hall–Kier alpha value is -1.10. The zero-order valence-electron chi connectivity index (χ0n) is 14.7. The summed E-state index contributed by atoms with van der Waals surface area (Å²) in [6.45, 7) is 5.20. The molecule has 3 heterocycles. The smallest absolute Gasteiger partial charge is 0.233 e. The number of nitrogens with one attached hydrogen (secondary N) is 1.